The molecule has 0 radical (unpaired) electrons. The average molecular weight is 183 g/mol. The number of amides is 1. The molecule has 0 fully saturated rings. The third-order valence-electron chi connectivity index (χ3n) is 1.19. The molecule has 1 unspecified atom stereocenters. The third kappa shape index (κ3) is 2.50. The van der Waals surface area contributed by atoms with Gasteiger partial charge in [-0.1, -0.05) is 0 Å². The highest BCUT2D eigenvalue weighted by Gasteiger charge is 2.07. The molecule has 1 aromatic heterocycles. The largest absolute Gasteiger partial charge is 0.308 e. The SMILES string of the molecule is CC(S)C(=O)Nc1cnccn1. The third-order valence-corrected chi connectivity index (χ3v) is 1.43. The van der Waals surface area contributed by atoms with Gasteiger partial charge in [-0.3, -0.25) is 9.78 Å². The van der Waals surface area contributed by atoms with E-state index >= 15 is 0 Å². The van der Waals surface area contributed by atoms with Crippen molar-refractivity contribution in [3.63, 3.8) is 0 Å². The molecule has 12 heavy (non-hydrogen) atoms. The van der Waals surface area contributed by atoms with Crippen LogP contribution in [0.25, 0.3) is 0 Å². The van der Waals surface area contributed by atoms with Crippen LogP contribution >= 0.6 is 12.6 Å². The molecule has 0 aliphatic carbocycles. The van der Waals surface area contributed by atoms with E-state index in [2.05, 4.69) is 27.9 Å². The van der Waals surface area contributed by atoms with Crippen molar-refractivity contribution < 1.29 is 4.79 Å². The Bertz CT molecular complexity index is 263. The van der Waals surface area contributed by atoms with Crippen molar-refractivity contribution in [3.05, 3.63) is 18.6 Å². The maximum atomic E-state index is 11.1. The van der Waals surface area contributed by atoms with Gasteiger partial charge in [0.15, 0.2) is 5.82 Å². The minimum atomic E-state index is -0.341. The van der Waals surface area contributed by atoms with Crippen molar-refractivity contribution >= 4 is 24.4 Å². The molecule has 0 saturated heterocycles. The Hall–Kier alpha value is -1.10. The van der Waals surface area contributed by atoms with Crippen molar-refractivity contribution in [2.75, 3.05) is 5.32 Å². The lowest BCUT2D eigenvalue weighted by molar-refractivity contribution is -0.115. The first-order valence-electron chi connectivity index (χ1n) is 3.45. The molecule has 1 aromatic rings. The molecule has 1 atom stereocenters. The molecule has 0 aromatic carbocycles. The summed E-state index contributed by atoms with van der Waals surface area (Å²) in [4.78, 5) is 18.7. The van der Waals surface area contributed by atoms with Gasteiger partial charge < -0.3 is 5.32 Å². The molecule has 1 heterocycles. The summed E-state index contributed by atoms with van der Waals surface area (Å²) in [7, 11) is 0. The standard InChI is InChI=1S/C7H9N3OS/c1-5(12)7(11)10-6-4-8-2-3-9-6/h2-5,12H,1H3,(H,9,10,11). The van der Waals surface area contributed by atoms with Gasteiger partial charge in [0, 0.05) is 12.4 Å². The van der Waals surface area contributed by atoms with Crippen LogP contribution in [0, 0.1) is 0 Å². The van der Waals surface area contributed by atoms with E-state index in [4.69, 9.17) is 0 Å². The van der Waals surface area contributed by atoms with Gasteiger partial charge in [-0.15, -0.1) is 0 Å². The normalized spacial score (nSPS) is 12.2. The highest BCUT2D eigenvalue weighted by atomic mass is 32.1. The minimum Gasteiger partial charge on any atom is -0.308 e. The molecule has 1 amide bonds. The molecule has 0 bridgehead atoms. The number of hydrogen-bond acceptors (Lipinski definition) is 4. The highest BCUT2D eigenvalue weighted by molar-refractivity contribution is 7.81. The Kier molecular flexibility index (Phi) is 3.04. The summed E-state index contributed by atoms with van der Waals surface area (Å²) in [5.41, 5.74) is 0. The van der Waals surface area contributed by atoms with E-state index in [0.717, 1.165) is 0 Å². The Labute approximate surface area is 75.8 Å². The van der Waals surface area contributed by atoms with Gasteiger partial charge in [0.05, 0.1) is 11.4 Å². The van der Waals surface area contributed by atoms with Crippen LogP contribution in [-0.4, -0.2) is 21.1 Å². The van der Waals surface area contributed by atoms with Gasteiger partial charge in [-0.2, -0.15) is 12.6 Å². The summed E-state index contributed by atoms with van der Waals surface area (Å²) < 4.78 is 0. The maximum absolute atomic E-state index is 11.1. The molecule has 0 aliphatic rings. The topological polar surface area (TPSA) is 54.9 Å². The van der Waals surface area contributed by atoms with Crippen molar-refractivity contribution in [2.45, 2.75) is 12.2 Å². The molecular formula is C7H9N3OS. The monoisotopic (exact) mass is 183 g/mol. The minimum absolute atomic E-state index is 0.182. The number of thiol groups is 1. The summed E-state index contributed by atoms with van der Waals surface area (Å²) in [5.74, 6) is 0.266. The predicted octanol–water partition coefficient (Wildman–Crippen LogP) is 0.733. The number of nitrogens with zero attached hydrogens (tertiary/aromatic N) is 2. The van der Waals surface area contributed by atoms with Gasteiger partial charge in [0.1, 0.15) is 0 Å². The number of carbonyl (C=O) groups is 1. The quantitative estimate of drug-likeness (QED) is 0.665. The Morgan fingerprint density at radius 3 is 2.92 bits per heavy atom. The molecule has 4 nitrogen and oxygen atoms in total. The zero-order valence-corrected chi connectivity index (χ0v) is 7.45. The van der Waals surface area contributed by atoms with Crippen LogP contribution in [-0.2, 0) is 4.79 Å². The van der Waals surface area contributed by atoms with Crippen LogP contribution in [0.4, 0.5) is 5.82 Å². The lowest BCUT2D eigenvalue weighted by Gasteiger charge is -2.04. The first-order chi connectivity index (χ1) is 5.70. The van der Waals surface area contributed by atoms with E-state index < -0.39 is 0 Å². The fourth-order valence-corrected chi connectivity index (χ4v) is 0.659. The summed E-state index contributed by atoms with van der Waals surface area (Å²) in [6.45, 7) is 1.69. The summed E-state index contributed by atoms with van der Waals surface area (Å²) in [5, 5.41) is 2.21. The first kappa shape index (κ1) is 8.99. The van der Waals surface area contributed by atoms with Gasteiger partial charge in [-0.25, -0.2) is 4.98 Å². The molecule has 0 aliphatic heterocycles. The van der Waals surface area contributed by atoms with Gasteiger partial charge >= 0.3 is 0 Å². The maximum Gasteiger partial charge on any atom is 0.238 e. The molecule has 0 spiro atoms. The van der Waals surface area contributed by atoms with E-state index in [9.17, 15) is 4.79 Å². The van der Waals surface area contributed by atoms with Crippen molar-refractivity contribution in [2.24, 2.45) is 0 Å². The summed E-state index contributed by atoms with van der Waals surface area (Å²) in [6, 6.07) is 0. The molecule has 0 saturated carbocycles. The fraction of sp³-hybridized carbons (Fsp3) is 0.286. The molecule has 64 valence electrons. The number of aromatic nitrogens is 2. The van der Waals surface area contributed by atoms with Crippen LogP contribution < -0.4 is 5.32 Å². The van der Waals surface area contributed by atoms with Gasteiger partial charge in [0.25, 0.3) is 0 Å². The Morgan fingerprint density at radius 2 is 2.42 bits per heavy atom. The molecule has 1 N–H and O–H groups in total. The summed E-state index contributed by atoms with van der Waals surface area (Å²) >= 11 is 3.96. The summed E-state index contributed by atoms with van der Waals surface area (Å²) in [6.07, 6.45) is 4.53. The van der Waals surface area contributed by atoms with E-state index in [1.807, 2.05) is 0 Å². The van der Waals surface area contributed by atoms with E-state index in [1.165, 1.54) is 12.4 Å². The van der Waals surface area contributed by atoms with Crippen molar-refractivity contribution in [1.82, 2.24) is 9.97 Å². The second-order valence-corrected chi connectivity index (χ2v) is 3.03. The molecule has 5 heteroatoms. The van der Waals surface area contributed by atoms with E-state index in [0.29, 0.717) is 5.82 Å². The van der Waals surface area contributed by atoms with Crippen LogP contribution in [0.2, 0.25) is 0 Å². The van der Waals surface area contributed by atoms with E-state index in [-0.39, 0.29) is 11.2 Å². The number of rotatable bonds is 2. The van der Waals surface area contributed by atoms with Crippen molar-refractivity contribution in [3.8, 4) is 0 Å². The predicted molar refractivity (Wildman–Crippen MR) is 49.1 cm³/mol. The highest BCUT2D eigenvalue weighted by Crippen LogP contribution is 2.00. The van der Waals surface area contributed by atoms with Crippen molar-refractivity contribution in [1.29, 1.82) is 0 Å². The Balaban J connectivity index is 2.59. The zero-order valence-electron chi connectivity index (χ0n) is 6.56. The average Bonchev–Trinajstić information content (AvgIpc) is 2.06. The second kappa shape index (κ2) is 4.06. The van der Waals surface area contributed by atoms with Crippen LogP contribution in [0.3, 0.4) is 0 Å². The number of nitrogens with one attached hydrogen (secondary N) is 1. The Morgan fingerprint density at radius 1 is 1.67 bits per heavy atom. The first-order valence-corrected chi connectivity index (χ1v) is 3.96. The van der Waals surface area contributed by atoms with Crippen LogP contribution in [0.5, 0.6) is 0 Å². The fourth-order valence-electron chi connectivity index (χ4n) is 0.594. The van der Waals surface area contributed by atoms with E-state index in [1.54, 1.807) is 13.1 Å². The van der Waals surface area contributed by atoms with Gasteiger partial charge in [-0.05, 0) is 6.92 Å². The lowest BCUT2D eigenvalue weighted by Crippen LogP contribution is -2.20. The number of anilines is 1. The van der Waals surface area contributed by atoms with Crippen LogP contribution in [0.15, 0.2) is 18.6 Å². The second-order valence-electron chi connectivity index (χ2n) is 2.26. The molecular weight excluding hydrogens is 174 g/mol. The van der Waals surface area contributed by atoms with Gasteiger partial charge in [0.2, 0.25) is 5.91 Å². The molecule has 1 rings (SSSR count). The van der Waals surface area contributed by atoms with Crippen LogP contribution in [0.1, 0.15) is 6.92 Å². The lowest BCUT2D eigenvalue weighted by atomic mass is 10.4. The number of hydrogen-bond donors (Lipinski definition) is 2. The smallest absolute Gasteiger partial charge is 0.238 e. The zero-order chi connectivity index (χ0) is 8.97. The number of carbonyl (C=O) groups excluding carboxylic acids is 1.